The van der Waals surface area contributed by atoms with E-state index in [-0.39, 0.29) is 48.8 Å². The van der Waals surface area contributed by atoms with Gasteiger partial charge >= 0.3 is 12.1 Å². The molecule has 0 aromatic heterocycles. The number of alkyl carbamates (subject to hydrolysis) is 1. The van der Waals surface area contributed by atoms with Crippen LogP contribution < -0.4 is 5.32 Å². The number of aliphatic hydroxyl groups is 2. The third-order valence-electron chi connectivity index (χ3n) is 15.4. The van der Waals surface area contributed by atoms with Crippen LogP contribution in [0.3, 0.4) is 0 Å². The van der Waals surface area contributed by atoms with E-state index in [1.807, 2.05) is 59.8 Å². The molecule has 0 radical (unpaired) electrons. The number of carboxylic acids is 1. The Balaban J connectivity index is 1.36. The van der Waals surface area contributed by atoms with Crippen molar-refractivity contribution in [3.05, 3.63) is 12.2 Å². The van der Waals surface area contributed by atoms with Crippen molar-refractivity contribution in [1.29, 1.82) is 5.26 Å². The molecule has 0 aromatic rings. The summed E-state index contributed by atoms with van der Waals surface area (Å²) in [5.74, 6) is -4.70. The Kier molecular flexibility index (Phi) is 16.6. The number of aliphatic carboxylic acids is 1. The summed E-state index contributed by atoms with van der Waals surface area (Å²) in [6, 6.07) is 1.32. The van der Waals surface area contributed by atoms with Crippen molar-refractivity contribution in [3.63, 3.8) is 0 Å². The Morgan fingerprint density at radius 3 is 2.26 bits per heavy atom. The number of aliphatic hydroxyl groups excluding tert-OH is 1. The summed E-state index contributed by atoms with van der Waals surface area (Å²) >= 11 is 0. The van der Waals surface area contributed by atoms with Crippen molar-refractivity contribution in [3.8, 4) is 6.07 Å². The number of ether oxygens (including phenoxy) is 6. The van der Waals surface area contributed by atoms with Crippen LogP contribution in [-0.2, 0) is 38.0 Å². The number of carbonyl (C=O) groups excluding carboxylic acids is 2. The molecule has 1 amide bonds. The van der Waals surface area contributed by atoms with Crippen LogP contribution in [0.15, 0.2) is 12.2 Å². The minimum absolute atomic E-state index is 0.0274. The fraction of sp³-hybridized carbons (Fsp3) is 0.872. The number of nitrogens with one attached hydrogen (secondary N) is 1. The summed E-state index contributed by atoms with van der Waals surface area (Å²) in [6.45, 7) is 19.5. The number of ketones is 1. The van der Waals surface area contributed by atoms with Gasteiger partial charge in [0.15, 0.2) is 5.79 Å². The van der Waals surface area contributed by atoms with Gasteiger partial charge in [-0.3, -0.25) is 9.59 Å². The van der Waals surface area contributed by atoms with Crippen molar-refractivity contribution in [2.24, 2.45) is 41.4 Å². The summed E-state index contributed by atoms with van der Waals surface area (Å²) in [4.78, 5) is 39.6. The van der Waals surface area contributed by atoms with Crippen LogP contribution in [0.2, 0.25) is 0 Å². The predicted octanol–water partition coefficient (Wildman–Crippen LogP) is 6.88. The van der Waals surface area contributed by atoms with Crippen LogP contribution in [0.5, 0.6) is 0 Å². The molecule has 5 heterocycles. The maximum Gasteiger partial charge on any atom is 0.407 e. The predicted molar refractivity (Wildman–Crippen MR) is 226 cm³/mol. The number of nitrogens with zero attached hydrogens (tertiary/aromatic N) is 1. The fourth-order valence-electron chi connectivity index (χ4n) is 11.2. The molecule has 61 heavy (non-hydrogen) atoms. The van der Waals surface area contributed by atoms with Gasteiger partial charge in [0.2, 0.25) is 0 Å². The summed E-state index contributed by atoms with van der Waals surface area (Å²) in [5, 5.41) is 44.7. The van der Waals surface area contributed by atoms with Crippen molar-refractivity contribution in [1.82, 2.24) is 5.32 Å². The molecule has 0 aliphatic carbocycles. The quantitative estimate of drug-likeness (QED) is 0.0925. The van der Waals surface area contributed by atoms with E-state index in [9.17, 15) is 29.7 Å². The summed E-state index contributed by atoms with van der Waals surface area (Å²) in [6.07, 6.45) is 4.96. The molecule has 5 aliphatic heterocycles. The first-order valence-corrected chi connectivity index (χ1v) is 23.3. The number of hydrogen-bond acceptors (Lipinski definition) is 12. The molecule has 5 rings (SSSR count). The zero-order valence-electron chi connectivity index (χ0n) is 38.3. The first-order chi connectivity index (χ1) is 28.8. The molecular formula is C47H76N2O12. The number of carbonyl (C=O) groups is 3. The van der Waals surface area contributed by atoms with Crippen molar-refractivity contribution in [2.45, 2.75) is 212 Å². The Hall–Kier alpha value is -2.64. The van der Waals surface area contributed by atoms with Gasteiger partial charge in [0.05, 0.1) is 78.4 Å². The molecule has 5 aliphatic rings. The molecular weight excluding hydrogens is 785 g/mol. The Bertz CT molecular complexity index is 1590. The van der Waals surface area contributed by atoms with Gasteiger partial charge in [-0.1, -0.05) is 61.5 Å². The maximum absolute atomic E-state index is 14.6. The topological polar surface area (TPSA) is 203 Å². The number of Topliss-reactive ketones (excluding diaryl/α,β-unsaturated/α-hetero) is 1. The lowest BCUT2D eigenvalue weighted by molar-refractivity contribution is -0.327. The Morgan fingerprint density at radius 2 is 1.64 bits per heavy atom. The molecule has 4 fully saturated rings. The summed E-state index contributed by atoms with van der Waals surface area (Å²) in [7, 11) is 0. The molecule has 4 saturated heterocycles. The van der Waals surface area contributed by atoms with Crippen molar-refractivity contribution >= 4 is 17.8 Å². The van der Waals surface area contributed by atoms with E-state index < -0.39 is 95.4 Å². The van der Waals surface area contributed by atoms with Gasteiger partial charge < -0.3 is 49.1 Å². The van der Waals surface area contributed by atoms with Gasteiger partial charge in [-0.15, -0.1) is 0 Å². The van der Waals surface area contributed by atoms with Crippen molar-refractivity contribution in [2.75, 3.05) is 6.61 Å². The lowest BCUT2D eigenvalue weighted by Gasteiger charge is -2.52. The Morgan fingerprint density at radius 1 is 0.934 bits per heavy atom. The molecule has 14 nitrogen and oxygen atoms in total. The van der Waals surface area contributed by atoms with Gasteiger partial charge in [0, 0.05) is 23.7 Å². The van der Waals surface area contributed by atoms with E-state index in [0.29, 0.717) is 57.8 Å². The lowest BCUT2D eigenvalue weighted by Crippen LogP contribution is -2.62. The van der Waals surface area contributed by atoms with E-state index >= 15 is 0 Å². The second-order valence-electron chi connectivity index (χ2n) is 19.4. The lowest BCUT2D eigenvalue weighted by atomic mass is 9.72. The zero-order valence-corrected chi connectivity index (χ0v) is 38.3. The number of rotatable bonds is 16. The smallest absolute Gasteiger partial charge is 0.407 e. The van der Waals surface area contributed by atoms with E-state index in [0.717, 1.165) is 6.42 Å². The minimum atomic E-state index is -1.26. The highest BCUT2D eigenvalue weighted by atomic mass is 16.7. The average Bonchev–Trinajstić information content (AvgIpc) is 3.64. The largest absolute Gasteiger partial charge is 0.481 e. The molecule has 0 bridgehead atoms. The fourth-order valence-corrected chi connectivity index (χ4v) is 11.2. The highest BCUT2D eigenvalue weighted by Crippen LogP contribution is 2.49. The van der Waals surface area contributed by atoms with Crippen LogP contribution in [-0.4, -0.2) is 112 Å². The van der Waals surface area contributed by atoms with Crippen LogP contribution in [0.4, 0.5) is 4.79 Å². The number of hydrogen-bond donors (Lipinski definition) is 4. The molecule has 1 spiro atoms. The molecule has 0 saturated carbocycles. The standard InChI is InChI=1S/C47H76N2O12/c1-11-32(43(52)53)35-16-15-26(4)40(58-35)30(8)38(50)29(7)39(51)33(12-2)41-27(5)25-28(6)47(60-41)22-17-34(49-44(54)56-24-14-23-48)42(61-47)36-18-20-45(10,59-36)37-19-21-46(55,13-3)31(9)57-37/h17,22,26-38,40-42,50,55H,11-16,18-21,24-25H2,1-10H3,(H,49,54)(H,52,53)/t26-,27-,28+,29-,30-,31-,32+,33-,34+,35+,36?,37+,38+,40+,41-,42?,45-,46+,47-/m0/s1. The first kappa shape index (κ1) is 49.4. The minimum Gasteiger partial charge on any atom is -0.481 e. The molecule has 14 heteroatoms. The second kappa shape index (κ2) is 20.5. The van der Waals surface area contributed by atoms with E-state index in [2.05, 4.69) is 26.1 Å². The second-order valence-corrected chi connectivity index (χ2v) is 19.4. The van der Waals surface area contributed by atoms with E-state index in [1.165, 1.54) is 0 Å². The highest BCUT2D eigenvalue weighted by molar-refractivity contribution is 5.84. The molecule has 4 N–H and O–H groups in total. The van der Waals surface area contributed by atoms with Crippen LogP contribution >= 0.6 is 0 Å². The molecule has 0 aromatic carbocycles. The van der Waals surface area contributed by atoms with Crippen molar-refractivity contribution < 1.29 is 58.1 Å². The third-order valence-corrected chi connectivity index (χ3v) is 15.4. The summed E-state index contributed by atoms with van der Waals surface area (Å²) < 4.78 is 39.3. The van der Waals surface area contributed by atoms with Gasteiger partial charge in [-0.05, 0) is 96.0 Å². The number of carboxylic acid groups (broad SMARTS) is 1. The molecule has 346 valence electrons. The molecule has 2 unspecified atom stereocenters. The van der Waals surface area contributed by atoms with E-state index in [1.54, 1.807) is 6.92 Å². The van der Waals surface area contributed by atoms with Gasteiger partial charge in [-0.25, -0.2) is 4.79 Å². The number of amides is 1. The van der Waals surface area contributed by atoms with E-state index in [4.69, 9.17) is 33.7 Å². The third kappa shape index (κ3) is 10.5. The SMILES string of the molecule is CC[C@@H](C(=O)[C@@H](C)[C@@H](O)[C@H](C)[C@@H]1O[C@@H]([C@@H](CC)C(=O)O)CC[C@@H]1C)[C@H]1O[C@]2(C=C[C@@H](NC(=O)OCCC#N)C(C3CC[C@@](C)([C@H]4CC[C@](O)(CC)[C@H](C)O4)O3)O2)[C@H](C)C[C@@H]1C. The van der Waals surface area contributed by atoms with Crippen LogP contribution in [0, 0.1) is 52.8 Å². The summed E-state index contributed by atoms with van der Waals surface area (Å²) in [5.41, 5.74) is -1.57. The number of nitriles is 1. The normalized spacial score (nSPS) is 41.5. The Labute approximate surface area is 363 Å². The highest BCUT2D eigenvalue weighted by Gasteiger charge is 2.57. The maximum atomic E-state index is 14.6. The first-order valence-electron chi connectivity index (χ1n) is 23.3. The van der Waals surface area contributed by atoms with Crippen LogP contribution in [0.1, 0.15) is 140 Å². The van der Waals surface area contributed by atoms with Crippen LogP contribution in [0.25, 0.3) is 0 Å². The monoisotopic (exact) mass is 861 g/mol. The zero-order chi connectivity index (χ0) is 45.0. The molecule has 19 atom stereocenters. The van der Waals surface area contributed by atoms with Gasteiger partial charge in [-0.2, -0.15) is 5.26 Å². The van der Waals surface area contributed by atoms with Gasteiger partial charge in [0.25, 0.3) is 0 Å². The van der Waals surface area contributed by atoms with Gasteiger partial charge in [0.1, 0.15) is 18.5 Å². The average molecular weight is 861 g/mol.